The summed E-state index contributed by atoms with van der Waals surface area (Å²) in [7, 11) is 1.75. The smallest absolute Gasteiger partial charge is 0.0468 e. The molecule has 0 aliphatic carbocycles. The molecule has 1 aliphatic heterocycles. The highest BCUT2D eigenvalue weighted by Gasteiger charge is 2.21. The van der Waals surface area contributed by atoms with Gasteiger partial charge >= 0.3 is 0 Å². The van der Waals surface area contributed by atoms with E-state index in [0.717, 1.165) is 24.0 Å². The molecule has 0 bridgehead atoms. The molecule has 0 saturated carbocycles. The van der Waals surface area contributed by atoms with Gasteiger partial charge in [-0.05, 0) is 30.2 Å². The van der Waals surface area contributed by atoms with Crippen LogP contribution in [0.3, 0.4) is 0 Å². The number of methoxy groups -OCH3 is 1. The summed E-state index contributed by atoms with van der Waals surface area (Å²) in [5, 5.41) is 3.41. The van der Waals surface area contributed by atoms with Crippen molar-refractivity contribution < 1.29 is 4.74 Å². The van der Waals surface area contributed by atoms with Crippen LogP contribution in [-0.4, -0.2) is 20.3 Å². The van der Waals surface area contributed by atoms with E-state index < -0.39 is 0 Å². The Morgan fingerprint density at radius 2 is 2.43 bits per heavy atom. The first-order valence-electron chi connectivity index (χ1n) is 4.83. The van der Waals surface area contributed by atoms with Gasteiger partial charge in [0, 0.05) is 36.3 Å². The Labute approximate surface area is 92.8 Å². The first kappa shape index (κ1) is 9.99. The molecule has 1 aliphatic rings. The van der Waals surface area contributed by atoms with Crippen LogP contribution in [0.1, 0.15) is 17.9 Å². The molecule has 1 atom stereocenters. The van der Waals surface area contributed by atoms with E-state index in [9.17, 15) is 0 Å². The maximum atomic E-state index is 5.11. The van der Waals surface area contributed by atoms with Crippen LogP contribution >= 0.6 is 15.9 Å². The molecular weight excluding hydrogens is 242 g/mol. The maximum absolute atomic E-state index is 5.11. The highest BCUT2D eigenvalue weighted by Crippen LogP contribution is 2.35. The lowest BCUT2D eigenvalue weighted by Gasteiger charge is -2.09. The average molecular weight is 256 g/mol. The molecule has 0 saturated heterocycles. The van der Waals surface area contributed by atoms with Crippen molar-refractivity contribution in [2.45, 2.75) is 12.3 Å². The number of anilines is 1. The Balaban J connectivity index is 2.16. The third-order valence-electron chi connectivity index (χ3n) is 2.66. The molecule has 1 heterocycles. The molecule has 76 valence electrons. The molecule has 2 nitrogen and oxygen atoms in total. The Bertz CT molecular complexity index is 327. The fraction of sp³-hybridized carbons (Fsp3) is 0.455. The van der Waals surface area contributed by atoms with E-state index in [1.807, 2.05) is 0 Å². The number of rotatable bonds is 3. The number of hydrogen-bond donors (Lipinski definition) is 1. The summed E-state index contributed by atoms with van der Waals surface area (Å²) in [5.41, 5.74) is 2.69. The van der Waals surface area contributed by atoms with E-state index in [-0.39, 0.29) is 0 Å². The number of ether oxygens (including phenoxy) is 1. The Morgan fingerprint density at radius 3 is 3.21 bits per heavy atom. The third-order valence-corrected chi connectivity index (χ3v) is 3.16. The summed E-state index contributed by atoms with van der Waals surface area (Å²) in [6.45, 7) is 1.87. The standard InChI is InChI=1S/C11H14BrNO/c1-14-5-4-8-7-13-11-3-2-9(12)6-10(8)11/h2-3,6,8,13H,4-5,7H2,1H3. The van der Waals surface area contributed by atoms with Crippen LogP contribution in [0.2, 0.25) is 0 Å². The second-order valence-electron chi connectivity index (χ2n) is 3.59. The second kappa shape index (κ2) is 4.32. The van der Waals surface area contributed by atoms with Crippen LogP contribution < -0.4 is 5.32 Å². The highest BCUT2D eigenvalue weighted by atomic mass is 79.9. The van der Waals surface area contributed by atoms with Crippen LogP contribution in [0.15, 0.2) is 22.7 Å². The third kappa shape index (κ3) is 1.93. The molecule has 0 spiro atoms. The number of halogens is 1. The molecule has 1 unspecified atom stereocenters. The van der Waals surface area contributed by atoms with Gasteiger partial charge in [-0.15, -0.1) is 0 Å². The fourth-order valence-electron chi connectivity index (χ4n) is 1.89. The summed E-state index contributed by atoms with van der Waals surface area (Å²) in [5.74, 6) is 0.599. The van der Waals surface area contributed by atoms with Crippen LogP contribution in [0.25, 0.3) is 0 Å². The van der Waals surface area contributed by atoms with E-state index >= 15 is 0 Å². The van der Waals surface area contributed by atoms with Gasteiger partial charge in [0.15, 0.2) is 0 Å². The number of fused-ring (bicyclic) bond motifs is 1. The Hall–Kier alpha value is -0.540. The molecule has 0 aromatic heterocycles. The van der Waals surface area contributed by atoms with Gasteiger partial charge < -0.3 is 10.1 Å². The van der Waals surface area contributed by atoms with E-state index in [1.165, 1.54) is 11.3 Å². The first-order valence-corrected chi connectivity index (χ1v) is 5.63. The van der Waals surface area contributed by atoms with Crippen molar-refractivity contribution >= 4 is 21.6 Å². The summed E-state index contributed by atoms with van der Waals surface area (Å²) in [6.07, 6.45) is 1.09. The molecule has 0 amide bonds. The van der Waals surface area contributed by atoms with Gasteiger partial charge in [-0.2, -0.15) is 0 Å². The molecule has 0 fully saturated rings. The molecule has 1 aromatic rings. The Kier molecular flexibility index (Phi) is 3.08. The van der Waals surface area contributed by atoms with Crippen molar-refractivity contribution in [3.63, 3.8) is 0 Å². The van der Waals surface area contributed by atoms with Gasteiger partial charge in [-0.1, -0.05) is 15.9 Å². The molecule has 1 aromatic carbocycles. The van der Waals surface area contributed by atoms with Crippen molar-refractivity contribution in [1.29, 1.82) is 0 Å². The fourth-order valence-corrected chi connectivity index (χ4v) is 2.27. The van der Waals surface area contributed by atoms with Gasteiger partial charge in [0.2, 0.25) is 0 Å². The predicted octanol–water partition coefficient (Wildman–Crippen LogP) is 2.99. The Morgan fingerprint density at radius 1 is 1.57 bits per heavy atom. The minimum atomic E-state index is 0.599. The number of nitrogens with one attached hydrogen (secondary N) is 1. The molecule has 2 rings (SSSR count). The van der Waals surface area contributed by atoms with Crippen molar-refractivity contribution in [3.8, 4) is 0 Å². The minimum absolute atomic E-state index is 0.599. The lowest BCUT2D eigenvalue weighted by molar-refractivity contribution is 0.189. The zero-order valence-electron chi connectivity index (χ0n) is 8.22. The van der Waals surface area contributed by atoms with Crippen molar-refractivity contribution in [1.82, 2.24) is 0 Å². The van der Waals surface area contributed by atoms with Gasteiger partial charge in [0.05, 0.1) is 0 Å². The van der Waals surface area contributed by atoms with Gasteiger partial charge in [-0.3, -0.25) is 0 Å². The van der Waals surface area contributed by atoms with E-state index in [1.54, 1.807) is 7.11 Å². The summed E-state index contributed by atoms with van der Waals surface area (Å²) in [4.78, 5) is 0. The highest BCUT2D eigenvalue weighted by molar-refractivity contribution is 9.10. The van der Waals surface area contributed by atoms with Crippen LogP contribution in [0.4, 0.5) is 5.69 Å². The summed E-state index contributed by atoms with van der Waals surface area (Å²) >= 11 is 3.50. The SMILES string of the molecule is COCCC1CNc2ccc(Br)cc21. The average Bonchev–Trinajstić information content (AvgIpc) is 2.57. The quantitative estimate of drug-likeness (QED) is 0.897. The zero-order chi connectivity index (χ0) is 9.97. The van der Waals surface area contributed by atoms with Crippen LogP contribution in [-0.2, 0) is 4.74 Å². The van der Waals surface area contributed by atoms with Gasteiger partial charge in [0.25, 0.3) is 0 Å². The minimum Gasteiger partial charge on any atom is -0.385 e. The largest absolute Gasteiger partial charge is 0.385 e. The van der Waals surface area contributed by atoms with Crippen molar-refractivity contribution in [3.05, 3.63) is 28.2 Å². The van der Waals surface area contributed by atoms with Crippen molar-refractivity contribution in [2.75, 3.05) is 25.6 Å². The lowest BCUT2D eigenvalue weighted by atomic mass is 9.98. The monoisotopic (exact) mass is 255 g/mol. The molecule has 3 heteroatoms. The molecule has 14 heavy (non-hydrogen) atoms. The normalized spacial score (nSPS) is 19.1. The van der Waals surface area contributed by atoms with E-state index in [0.29, 0.717) is 5.92 Å². The second-order valence-corrected chi connectivity index (χ2v) is 4.51. The van der Waals surface area contributed by atoms with Gasteiger partial charge in [0.1, 0.15) is 0 Å². The van der Waals surface area contributed by atoms with Crippen LogP contribution in [0.5, 0.6) is 0 Å². The topological polar surface area (TPSA) is 21.3 Å². The molecular formula is C11H14BrNO. The van der Waals surface area contributed by atoms with Crippen molar-refractivity contribution in [2.24, 2.45) is 0 Å². The molecule has 1 N–H and O–H groups in total. The zero-order valence-corrected chi connectivity index (χ0v) is 9.80. The van der Waals surface area contributed by atoms with E-state index in [2.05, 4.69) is 39.4 Å². The predicted molar refractivity (Wildman–Crippen MR) is 61.9 cm³/mol. The van der Waals surface area contributed by atoms with Gasteiger partial charge in [-0.25, -0.2) is 0 Å². The van der Waals surface area contributed by atoms with Crippen LogP contribution in [0, 0.1) is 0 Å². The molecule has 0 radical (unpaired) electrons. The van der Waals surface area contributed by atoms with E-state index in [4.69, 9.17) is 4.74 Å². The summed E-state index contributed by atoms with van der Waals surface area (Å²) in [6, 6.07) is 6.41. The first-order chi connectivity index (χ1) is 6.81. The number of benzene rings is 1. The maximum Gasteiger partial charge on any atom is 0.0468 e. The summed E-state index contributed by atoms with van der Waals surface area (Å²) < 4.78 is 6.26. The number of hydrogen-bond acceptors (Lipinski definition) is 2. The lowest BCUT2D eigenvalue weighted by Crippen LogP contribution is -2.04.